The van der Waals surface area contributed by atoms with Crippen LogP contribution in [0, 0.1) is 26.7 Å². The Hall–Kier alpha value is -2.89. The molecule has 1 aromatic carbocycles. The lowest BCUT2D eigenvalue weighted by molar-refractivity contribution is 0.0696. The topological polar surface area (TPSA) is 90.5 Å². The highest BCUT2D eigenvalue weighted by atomic mass is 16.4. The number of benzene rings is 1. The number of carboxylic acids is 1. The third-order valence-corrected chi connectivity index (χ3v) is 5.54. The van der Waals surface area contributed by atoms with Gasteiger partial charge in [0.1, 0.15) is 5.56 Å². The Morgan fingerprint density at radius 1 is 1.15 bits per heavy atom. The summed E-state index contributed by atoms with van der Waals surface area (Å²) in [6.45, 7) is 6.79. The van der Waals surface area contributed by atoms with Crippen LogP contribution in [-0.4, -0.2) is 40.0 Å². The summed E-state index contributed by atoms with van der Waals surface area (Å²) >= 11 is 0. The van der Waals surface area contributed by atoms with Crippen LogP contribution in [0.15, 0.2) is 29.1 Å². The van der Waals surface area contributed by atoms with Crippen molar-refractivity contribution in [2.75, 3.05) is 13.1 Å². The third kappa shape index (κ3) is 3.79. The number of rotatable bonds is 4. The number of aryl methyl sites for hydroxylation is 1. The Bertz CT molecular complexity index is 944. The van der Waals surface area contributed by atoms with Gasteiger partial charge in [-0.25, -0.2) is 4.79 Å². The van der Waals surface area contributed by atoms with E-state index < -0.39 is 5.97 Å². The normalized spacial score (nSPS) is 16.6. The van der Waals surface area contributed by atoms with Gasteiger partial charge in [-0.3, -0.25) is 9.59 Å². The van der Waals surface area contributed by atoms with Crippen LogP contribution in [-0.2, 0) is 6.42 Å². The number of H-pyrrole nitrogens is 1. The summed E-state index contributed by atoms with van der Waals surface area (Å²) in [7, 11) is 0. The number of nitrogens with one attached hydrogen (secondary N) is 1. The smallest absolute Gasteiger partial charge is 0.335 e. The summed E-state index contributed by atoms with van der Waals surface area (Å²) in [6, 6.07) is 6.86. The molecule has 1 aliphatic heterocycles. The number of likely N-dealkylation sites (tertiary alicyclic amines) is 1. The molecule has 1 fully saturated rings. The van der Waals surface area contributed by atoms with Gasteiger partial charge in [0, 0.05) is 18.8 Å². The van der Waals surface area contributed by atoms with Crippen molar-refractivity contribution >= 4 is 11.9 Å². The predicted octanol–water partition coefficient (Wildman–Crippen LogP) is 2.70. The minimum atomic E-state index is -0.937. The lowest BCUT2D eigenvalue weighted by Crippen LogP contribution is -2.34. The van der Waals surface area contributed by atoms with Crippen LogP contribution in [0.4, 0.5) is 0 Å². The van der Waals surface area contributed by atoms with E-state index in [4.69, 9.17) is 5.11 Å². The van der Waals surface area contributed by atoms with Crippen LogP contribution in [0.1, 0.15) is 49.5 Å². The number of amides is 1. The first kappa shape index (κ1) is 18.9. The van der Waals surface area contributed by atoms with E-state index in [-0.39, 0.29) is 22.6 Å². The van der Waals surface area contributed by atoms with Crippen molar-refractivity contribution in [3.8, 4) is 0 Å². The van der Waals surface area contributed by atoms with Gasteiger partial charge in [0.05, 0.1) is 5.56 Å². The highest BCUT2D eigenvalue weighted by Gasteiger charge is 2.29. The number of aromatic nitrogens is 1. The molecule has 6 heteroatoms. The number of hydrogen-bond donors (Lipinski definition) is 2. The zero-order valence-electron chi connectivity index (χ0n) is 15.8. The van der Waals surface area contributed by atoms with Crippen molar-refractivity contribution in [2.45, 2.75) is 33.6 Å². The summed E-state index contributed by atoms with van der Waals surface area (Å²) < 4.78 is 0. The molecule has 142 valence electrons. The second-order valence-electron chi connectivity index (χ2n) is 7.32. The molecule has 2 aromatic rings. The van der Waals surface area contributed by atoms with Gasteiger partial charge in [-0.15, -0.1) is 0 Å². The Balaban J connectivity index is 1.71. The average Bonchev–Trinajstić information content (AvgIpc) is 3.08. The molecule has 2 N–H and O–H groups in total. The van der Waals surface area contributed by atoms with Gasteiger partial charge in [-0.05, 0) is 68.4 Å². The van der Waals surface area contributed by atoms with E-state index in [2.05, 4.69) is 4.98 Å². The van der Waals surface area contributed by atoms with Gasteiger partial charge < -0.3 is 15.0 Å². The van der Waals surface area contributed by atoms with Crippen molar-refractivity contribution in [1.82, 2.24) is 9.88 Å². The fraction of sp³-hybridized carbons (Fsp3) is 0.381. The quantitative estimate of drug-likeness (QED) is 0.868. The van der Waals surface area contributed by atoms with E-state index in [9.17, 15) is 14.4 Å². The van der Waals surface area contributed by atoms with Crippen molar-refractivity contribution in [3.63, 3.8) is 0 Å². The monoisotopic (exact) mass is 368 g/mol. The number of aromatic carboxylic acids is 1. The zero-order valence-corrected chi connectivity index (χ0v) is 15.8. The number of nitrogens with zero attached hydrogens (tertiary/aromatic N) is 1. The maximum atomic E-state index is 12.9. The van der Waals surface area contributed by atoms with Crippen LogP contribution >= 0.6 is 0 Å². The standard InChI is InChI=1S/C21H24N2O4/c1-12-13(2)18(19(24)22-14(12)3)20(25)23-9-8-16(11-23)10-15-4-6-17(7-5-15)21(26)27/h4-7,16H,8-11H2,1-3H3,(H,22,24)(H,26,27). The Morgan fingerprint density at radius 3 is 2.44 bits per heavy atom. The first-order chi connectivity index (χ1) is 12.8. The number of carbonyl (C=O) groups is 2. The van der Waals surface area contributed by atoms with E-state index in [0.29, 0.717) is 19.0 Å². The van der Waals surface area contributed by atoms with E-state index in [1.165, 1.54) is 0 Å². The fourth-order valence-corrected chi connectivity index (χ4v) is 3.68. The van der Waals surface area contributed by atoms with Crippen LogP contribution < -0.4 is 5.56 Å². The molecule has 0 aliphatic carbocycles. The van der Waals surface area contributed by atoms with Crippen molar-refractivity contribution in [2.24, 2.45) is 5.92 Å². The van der Waals surface area contributed by atoms with Gasteiger partial charge in [0.15, 0.2) is 0 Å². The summed E-state index contributed by atoms with van der Waals surface area (Å²) in [5.41, 5.74) is 3.71. The molecule has 0 radical (unpaired) electrons. The summed E-state index contributed by atoms with van der Waals surface area (Å²) in [5.74, 6) is -0.843. The molecule has 1 aromatic heterocycles. The highest BCUT2D eigenvalue weighted by Crippen LogP contribution is 2.23. The molecule has 1 saturated heterocycles. The molecule has 0 bridgehead atoms. The Labute approximate surface area is 157 Å². The molecule has 0 spiro atoms. The lowest BCUT2D eigenvalue weighted by atomic mass is 9.98. The summed E-state index contributed by atoms with van der Waals surface area (Å²) in [5, 5.41) is 8.97. The second-order valence-corrected chi connectivity index (χ2v) is 7.32. The van der Waals surface area contributed by atoms with Crippen LogP contribution in [0.25, 0.3) is 0 Å². The third-order valence-electron chi connectivity index (χ3n) is 5.54. The molecular formula is C21H24N2O4. The molecule has 1 atom stereocenters. The van der Waals surface area contributed by atoms with E-state index in [0.717, 1.165) is 35.2 Å². The van der Waals surface area contributed by atoms with E-state index in [1.54, 1.807) is 17.0 Å². The van der Waals surface area contributed by atoms with Gasteiger partial charge in [0.2, 0.25) is 0 Å². The van der Waals surface area contributed by atoms with Gasteiger partial charge >= 0.3 is 5.97 Å². The van der Waals surface area contributed by atoms with Gasteiger partial charge in [-0.1, -0.05) is 12.1 Å². The first-order valence-electron chi connectivity index (χ1n) is 9.09. The molecule has 6 nitrogen and oxygen atoms in total. The van der Waals surface area contributed by atoms with Crippen LogP contribution in [0.2, 0.25) is 0 Å². The predicted molar refractivity (Wildman–Crippen MR) is 102 cm³/mol. The van der Waals surface area contributed by atoms with E-state index >= 15 is 0 Å². The summed E-state index contributed by atoms with van der Waals surface area (Å²) in [4.78, 5) is 40.7. The largest absolute Gasteiger partial charge is 0.478 e. The fourth-order valence-electron chi connectivity index (χ4n) is 3.68. The number of aromatic amines is 1. The van der Waals surface area contributed by atoms with Crippen molar-refractivity contribution < 1.29 is 14.7 Å². The summed E-state index contributed by atoms with van der Waals surface area (Å²) in [6.07, 6.45) is 1.65. The van der Waals surface area contributed by atoms with Crippen LogP contribution in [0.3, 0.4) is 0 Å². The molecule has 1 aliphatic rings. The lowest BCUT2D eigenvalue weighted by Gasteiger charge is -2.18. The molecular weight excluding hydrogens is 344 g/mol. The molecule has 1 amide bonds. The Kier molecular flexibility index (Phi) is 5.17. The maximum Gasteiger partial charge on any atom is 0.335 e. The first-order valence-corrected chi connectivity index (χ1v) is 9.09. The number of pyridine rings is 1. The molecule has 0 saturated carbocycles. The number of carboxylic acid groups (broad SMARTS) is 1. The zero-order chi connectivity index (χ0) is 19.7. The maximum absolute atomic E-state index is 12.9. The molecule has 3 rings (SSSR count). The van der Waals surface area contributed by atoms with Crippen LogP contribution in [0.5, 0.6) is 0 Å². The average molecular weight is 368 g/mol. The molecule has 27 heavy (non-hydrogen) atoms. The SMILES string of the molecule is Cc1[nH]c(=O)c(C(=O)N2CCC(Cc3ccc(C(=O)O)cc3)C2)c(C)c1C. The minimum Gasteiger partial charge on any atom is -0.478 e. The van der Waals surface area contributed by atoms with Crippen molar-refractivity contribution in [1.29, 1.82) is 0 Å². The van der Waals surface area contributed by atoms with Gasteiger partial charge in [-0.2, -0.15) is 0 Å². The van der Waals surface area contributed by atoms with Gasteiger partial charge in [0.25, 0.3) is 11.5 Å². The van der Waals surface area contributed by atoms with Crippen molar-refractivity contribution in [3.05, 3.63) is 68.1 Å². The molecule has 1 unspecified atom stereocenters. The minimum absolute atomic E-state index is 0.208. The molecule has 2 heterocycles. The van der Waals surface area contributed by atoms with E-state index in [1.807, 2.05) is 32.9 Å². The number of hydrogen-bond acceptors (Lipinski definition) is 3. The second kappa shape index (κ2) is 7.39. The Morgan fingerprint density at radius 2 is 1.81 bits per heavy atom. The number of carbonyl (C=O) groups excluding carboxylic acids is 1. The highest BCUT2D eigenvalue weighted by molar-refractivity contribution is 5.95.